The van der Waals surface area contributed by atoms with Gasteiger partial charge in [-0.2, -0.15) is 0 Å². The van der Waals surface area contributed by atoms with Gasteiger partial charge in [0, 0.05) is 32.6 Å². The Labute approximate surface area is 136 Å². The second-order valence-corrected chi connectivity index (χ2v) is 6.94. The highest BCUT2D eigenvalue weighted by atomic mass is 16.5. The first-order chi connectivity index (χ1) is 10.7. The first-order valence-electron chi connectivity index (χ1n) is 8.85. The van der Waals surface area contributed by atoms with E-state index < -0.39 is 0 Å². The van der Waals surface area contributed by atoms with Crippen LogP contribution in [0.3, 0.4) is 0 Å². The van der Waals surface area contributed by atoms with E-state index in [-0.39, 0.29) is 5.54 Å². The summed E-state index contributed by atoms with van der Waals surface area (Å²) in [4.78, 5) is 4.92. The molecular formula is C18H33N3O. The van der Waals surface area contributed by atoms with Crippen LogP contribution in [0.1, 0.15) is 32.6 Å². The molecule has 0 bridgehead atoms. The van der Waals surface area contributed by atoms with Gasteiger partial charge in [0.25, 0.3) is 0 Å². The Morgan fingerprint density at radius 1 is 1.32 bits per heavy atom. The molecule has 4 nitrogen and oxygen atoms in total. The molecule has 0 spiro atoms. The normalized spacial score (nSPS) is 22.5. The molecule has 2 heterocycles. The second kappa shape index (κ2) is 8.88. The van der Waals surface area contributed by atoms with E-state index in [0.717, 1.165) is 51.7 Å². The maximum Gasteiger partial charge on any atom is 0.0594 e. The molecule has 0 unspecified atom stereocenters. The van der Waals surface area contributed by atoms with Crippen LogP contribution in [0.15, 0.2) is 0 Å². The van der Waals surface area contributed by atoms with Crippen molar-refractivity contribution < 1.29 is 4.74 Å². The Bertz CT molecular complexity index is 354. The molecule has 2 aliphatic heterocycles. The van der Waals surface area contributed by atoms with Gasteiger partial charge in [-0.3, -0.25) is 4.90 Å². The van der Waals surface area contributed by atoms with E-state index in [2.05, 4.69) is 35.0 Å². The predicted molar refractivity (Wildman–Crippen MR) is 92.0 cm³/mol. The number of rotatable bonds is 9. The van der Waals surface area contributed by atoms with E-state index in [1.807, 2.05) is 0 Å². The molecule has 0 aliphatic carbocycles. The van der Waals surface area contributed by atoms with E-state index in [0.29, 0.717) is 0 Å². The fourth-order valence-electron chi connectivity index (χ4n) is 3.49. The molecule has 0 aromatic heterocycles. The van der Waals surface area contributed by atoms with Gasteiger partial charge in [0.2, 0.25) is 0 Å². The summed E-state index contributed by atoms with van der Waals surface area (Å²) in [6.45, 7) is 10.5. The molecule has 2 saturated heterocycles. The number of hydrogen-bond acceptors (Lipinski definition) is 4. The van der Waals surface area contributed by atoms with Gasteiger partial charge in [0.05, 0.1) is 18.8 Å². The van der Waals surface area contributed by atoms with Crippen molar-refractivity contribution in [2.24, 2.45) is 5.92 Å². The number of piperidine rings is 1. The number of likely N-dealkylation sites (N-methyl/N-ethyl adjacent to an activating group) is 1. The molecule has 0 atom stereocenters. The quantitative estimate of drug-likeness (QED) is 0.515. The summed E-state index contributed by atoms with van der Waals surface area (Å²) in [5.41, 5.74) is 0.167. The van der Waals surface area contributed by atoms with Crippen LogP contribution in [-0.4, -0.2) is 74.9 Å². The number of nitrogens with one attached hydrogen (secondary N) is 1. The Hall–Kier alpha value is -0.600. The summed E-state index contributed by atoms with van der Waals surface area (Å²) in [6.07, 6.45) is 10.4. The largest absolute Gasteiger partial charge is 0.379 e. The first kappa shape index (κ1) is 17.7. The molecule has 126 valence electrons. The van der Waals surface area contributed by atoms with Crippen LogP contribution in [0.4, 0.5) is 0 Å². The Balaban J connectivity index is 1.53. The molecule has 0 saturated carbocycles. The van der Waals surface area contributed by atoms with Crippen LogP contribution < -0.4 is 5.32 Å². The lowest BCUT2D eigenvalue weighted by Crippen LogP contribution is -2.68. The molecule has 1 N–H and O–H groups in total. The van der Waals surface area contributed by atoms with E-state index in [1.54, 1.807) is 0 Å². The van der Waals surface area contributed by atoms with Gasteiger partial charge >= 0.3 is 0 Å². The molecule has 2 aliphatic rings. The van der Waals surface area contributed by atoms with Crippen molar-refractivity contribution in [3.05, 3.63) is 0 Å². The lowest BCUT2D eigenvalue weighted by atomic mass is 9.87. The third-order valence-electron chi connectivity index (χ3n) is 5.56. The third kappa shape index (κ3) is 4.70. The van der Waals surface area contributed by atoms with E-state index in [1.165, 1.54) is 32.4 Å². The minimum absolute atomic E-state index is 0.167. The number of ether oxygens (including phenoxy) is 1. The molecule has 2 rings (SSSR count). The smallest absolute Gasteiger partial charge is 0.0594 e. The highest BCUT2D eigenvalue weighted by Crippen LogP contribution is 2.22. The van der Waals surface area contributed by atoms with Crippen molar-refractivity contribution in [2.45, 2.75) is 38.1 Å². The molecule has 0 aromatic rings. The summed E-state index contributed by atoms with van der Waals surface area (Å²) in [6, 6.07) is 0. The van der Waals surface area contributed by atoms with Crippen LogP contribution in [0, 0.1) is 18.3 Å². The zero-order chi connectivity index (χ0) is 15.8. The lowest BCUT2D eigenvalue weighted by molar-refractivity contribution is 0.0244. The first-order valence-corrected chi connectivity index (χ1v) is 8.85. The van der Waals surface area contributed by atoms with Crippen LogP contribution in [-0.2, 0) is 4.74 Å². The molecule has 0 amide bonds. The molecule has 22 heavy (non-hydrogen) atoms. The topological polar surface area (TPSA) is 27.7 Å². The lowest BCUT2D eigenvalue weighted by Gasteiger charge is -2.48. The second-order valence-electron chi connectivity index (χ2n) is 6.94. The SMILES string of the molecule is C#CCC1(N(C)CCOCCN2CCC(CC)CC2)CNC1. The number of nitrogens with zero attached hydrogens (tertiary/aromatic N) is 2. The average molecular weight is 307 g/mol. The minimum Gasteiger partial charge on any atom is -0.379 e. The molecule has 0 radical (unpaired) electrons. The summed E-state index contributed by atoms with van der Waals surface area (Å²) in [5.74, 6) is 3.77. The monoisotopic (exact) mass is 307 g/mol. The average Bonchev–Trinajstić information content (AvgIpc) is 2.51. The molecule has 2 fully saturated rings. The van der Waals surface area contributed by atoms with Gasteiger partial charge < -0.3 is 15.0 Å². The summed E-state index contributed by atoms with van der Waals surface area (Å²) >= 11 is 0. The van der Waals surface area contributed by atoms with Gasteiger partial charge in [0.1, 0.15) is 0 Å². The summed E-state index contributed by atoms with van der Waals surface area (Å²) in [7, 11) is 2.16. The van der Waals surface area contributed by atoms with Crippen molar-refractivity contribution in [2.75, 3.05) is 59.5 Å². The van der Waals surface area contributed by atoms with E-state index in [4.69, 9.17) is 11.2 Å². The summed E-state index contributed by atoms with van der Waals surface area (Å²) < 4.78 is 5.85. The highest BCUT2D eigenvalue weighted by molar-refractivity contribution is 5.08. The summed E-state index contributed by atoms with van der Waals surface area (Å²) in [5, 5.41) is 3.34. The highest BCUT2D eigenvalue weighted by Gasteiger charge is 2.39. The number of likely N-dealkylation sites (tertiary alicyclic amines) is 1. The van der Waals surface area contributed by atoms with Crippen molar-refractivity contribution >= 4 is 0 Å². The fraction of sp³-hybridized carbons (Fsp3) is 0.889. The van der Waals surface area contributed by atoms with Gasteiger partial charge in [-0.1, -0.05) is 13.3 Å². The van der Waals surface area contributed by atoms with Crippen LogP contribution in [0.5, 0.6) is 0 Å². The number of hydrogen-bond donors (Lipinski definition) is 1. The van der Waals surface area contributed by atoms with Crippen molar-refractivity contribution in [3.63, 3.8) is 0 Å². The molecule has 4 heteroatoms. The van der Waals surface area contributed by atoms with Crippen molar-refractivity contribution in [3.8, 4) is 12.3 Å². The van der Waals surface area contributed by atoms with Crippen molar-refractivity contribution in [1.29, 1.82) is 0 Å². The Kier molecular flexibility index (Phi) is 7.17. The third-order valence-corrected chi connectivity index (χ3v) is 5.56. The number of terminal acetylenes is 1. The fourth-order valence-corrected chi connectivity index (χ4v) is 3.49. The van der Waals surface area contributed by atoms with E-state index >= 15 is 0 Å². The van der Waals surface area contributed by atoms with E-state index in [9.17, 15) is 0 Å². The maximum atomic E-state index is 5.85. The molecular weight excluding hydrogens is 274 g/mol. The standard InChI is InChI=1S/C18H33N3O/c1-4-8-18(15-19-16-18)20(3)11-13-22-14-12-21-9-6-17(5-2)7-10-21/h1,17,19H,5-16H2,2-3H3. The van der Waals surface area contributed by atoms with Gasteiger partial charge in [0.15, 0.2) is 0 Å². The van der Waals surface area contributed by atoms with Gasteiger partial charge in [-0.05, 0) is 38.9 Å². The zero-order valence-electron chi connectivity index (χ0n) is 14.4. The van der Waals surface area contributed by atoms with Crippen molar-refractivity contribution in [1.82, 2.24) is 15.1 Å². The van der Waals surface area contributed by atoms with Gasteiger partial charge in [-0.25, -0.2) is 0 Å². The minimum atomic E-state index is 0.167. The Morgan fingerprint density at radius 2 is 2.05 bits per heavy atom. The van der Waals surface area contributed by atoms with Gasteiger partial charge in [-0.15, -0.1) is 12.3 Å². The van der Waals surface area contributed by atoms with Crippen LogP contribution in [0.25, 0.3) is 0 Å². The Morgan fingerprint density at radius 3 is 2.59 bits per heavy atom. The molecule has 0 aromatic carbocycles. The maximum absolute atomic E-state index is 5.85. The predicted octanol–water partition coefficient (Wildman–Crippen LogP) is 1.42. The van der Waals surface area contributed by atoms with Crippen LogP contribution >= 0.6 is 0 Å². The zero-order valence-corrected chi connectivity index (χ0v) is 14.4. The van der Waals surface area contributed by atoms with Crippen LogP contribution in [0.2, 0.25) is 0 Å².